The van der Waals surface area contributed by atoms with Crippen LogP contribution < -0.4 is 0 Å². The summed E-state index contributed by atoms with van der Waals surface area (Å²) in [7, 11) is 0. The van der Waals surface area contributed by atoms with E-state index in [2.05, 4.69) is 0 Å². The summed E-state index contributed by atoms with van der Waals surface area (Å²) >= 11 is 0. The van der Waals surface area contributed by atoms with Crippen molar-refractivity contribution in [2.45, 2.75) is 20.3 Å². The first-order valence-electron chi connectivity index (χ1n) is 4.98. The third-order valence-electron chi connectivity index (χ3n) is 2.15. The van der Waals surface area contributed by atoms with Crippen molar-refractivity contribution >= 4 is 12.3 Å². The number of carbonyl (C=O) groups is 2. The second-order valence-electron chi connectivity index (χ2n) is 3.11. The number of hydrogen-bond donors (Lipinski definition) is 0. The Bertz CT molecular complexity index is 369. The molecule has 0 spiro atoms. The summed E-state index contributed by atoms with van der Waals surface area (Å²) in [6.45, 7) is 4.04. The van der Waals surface area contributed by atoms with Crippen LogP contribution in [0.4, 0.5) is 0 Å². The third-order valence-corrected chi connectivity index (χ3v) is 2.15. The lowest BCUT2D eigenvalue weighted by atomic mass is 10.0. The van der Waals surface area contributed by atoms with Gasteiger partial charge in [0.15, 0.2) is 6.29 Å². The molecule has 0 aromatic heterocycles. The van der Waals surface area contributed by atoms with E-state index in [4.69, 9.17) is 4.74 Å². The monoisotopic (exact) mass is 206 g/mol. The second-order valence-corrected chi connectivity index (χ2v) is 3.11. The van der Waals surface area contributed by atoms with E-state index < -0.39 is 5.97 Å². The zero-order valence-electron chi connectivity index (χ0n) is 8.95. The summed E-state index contributed by atoms with van der Waals surface area (Å²) in [4.78, 5) is 22.2. The first-order valence-corrected chi connectivity index (χ1v) is 4.98. The van der Waals surface area contributed by atoms with Crippen molar-refractivity contribution in [3.63, 3.8) is 0 Å². The lowest BCUT2D eigenvalue weighted by Crippen LogP contribution is -2.08. The minimum absolute atomic E-state index is 0.312. The third kappa shape index (κ3) is 2.65. The molecule has 3 nitrogen and oxygen atoms in total. The van der Waals surface area contributed by atoms with Crippen molar-refractivity contribution in [1.82, 2.24) is 0 Å². The van der Waals surface area contributed by atoms with Crippen LogP contribution in [-0.2, 0) is 11.2 Å². The van der Waals surface area contributed by atoms with Crippen LogP contribution in [0.5, 0.6) is 0 Å². The van der Waals surface area contributed by atoms with Gasteiger partial charge in [-0.3, -0.25) is 4.79 Å². The van der Waals surface area contributed by atoms with E-state index in [1.165, 1.54) is 0 Å². The Morgan fingerprint density at radius 1 is 1.40 bits per heavy atom. The highest BCUT2D eigenvalue weighted by Gasteiger charge is 2.11. The Labute approximate surface area is 89.1 Å². The van der Waals surface area contributed by atoms with E-state index in [-0.39, 0.29) is 0 Å². The minimum Gasteiger partial charge on any atom is -0.462 e. The minimum atomic E-state index is -0.442. The highest BCUT2D eigenvalue weighted by molar-refractivity contribution is 5.98. The summed E-state index contributed by atoms with van der Waals surface area (Å²) in [5.41, 5.74) is 1.77. The first kappa shape index (κ1) is 11.4. The SMILES string of the molecule is CCOC(=O)c1ccc(CC)cc1C=O. The molecule has 1 aromatic rings. The maximum Gasteiger partial charge on any atom is 0.338 e. The zero-order chi connectivity index (χ0) is 11.3. The van der Waals surface area contributed by atoms with Gasteiger partial charge >= 0.3 is 5.97 Å². The molecule has 0 aliphatic rings. The standard InChI is InChI=1S/C12H14O3/c1-3-9-5-6-11(10(7-9)8-13)12(14)15-4-2/h5-8H,3-4H2,1-2H3. The molecule has 0 bridgehead atoms. The molecule has 15 heavy (non-hydrogen) atoms. The van der Waals surface area contributed by atoms with E-state index in [9.17, 15) is 9.59 Å². The largest absolute Gasteiger partial charge is 0.462 e. The quantitative estimate of drug-likeness (QED) is 0.560. The van der Waals surface area contributed by atoms with Crippen molar-refractivity contribution in [2.75, 3.05) is 6.61 Å². The Morgan fingerprint density at radius 2 is 2.13 bits per heavy atom. The molecule has 0 aliphatic carbocycles. The van der Waals surface area contributed by atoms with Crippen LogP contribution in [-0.4, -0.2) is 18.9 Å². The van der Waals surface area contributed by atoms with Crippen molar-refractivity contribution < 1.29 is 14.3 Å². The van der Waals surface area contributed by atoms with Gasteiger partial charge in [0.1, 0.15) is 0 Å². The smallest absolute Gasteiger partial charge is 0.338 e. The second kappa shape index (κ2) is 5.29. The summed E-state index contributed by atoms with van der Waals surface area (Å²) in [6.07, 6.45) is 1.52. The zero-order valence-corrected chi connectivity index (χ0v) is 8.95. The molecule has 0 saturated carbocycles. The van der Waals surface area contributed by atoms with Crippen LogP contribution in [0.25, 0.3) is 0 Å². The molecule has 0 amide bonds. The van der Waals surface area contributed by atoms with E-state index in [0.717, 1.165) is 12.0 Å². The van der Waals surface area contributed by atoms with Gasteiger partial charge in [0.05, 0.1) is 12.2 Å². The molecule has 0 unspecified atom stereocenters. The van der Waals surface area contributed by atoms with E-state index >= 15 is 0 Å². The van der Waals surface area contributed by atoms with Gasteiger partial charge in [-0.05, 0) is 31.0 Å². The predicted octanol–water partition coefficient (Wildman–Crippen LogP) is 2.24. The van der Waals surface area contributed by atoms with Gasteiger partial charge in [0.2, 0.25) is 0 Å². The molecule has 3 heteroatoms. The van der Waals surface area contributed by atoms with Gasteiger partial charge in [-0.15, -0.1) is 0 Å². The number of ether oxygens (including phenoxy) is 1. The molecular weight excluding hydrogens is 192 g/mol. The van der Waals surface area contributed by atoms with Gasteiger partial charge in [-0.1, -0.05) is 13.0 Å². The molecule has 0 radical (unpaired) electrons. The maximum absolute atomic E-state index is 11.4. The number of hydrogen-bond acceptors (Lipinski definition) is 3. The molecule has 0 saturated heterocycles. The van der Waals surface area contributed by atoms with E-state index in [1.54, 1.807) is 19.1 Å². The molecule has 0 N–H and O–H groups in total. The summed E-state index contributed by atoms with van der Waals surface area (Å²) < 4.78 is 4.85. The topological polar surface area (TPSA) is 43.4 Å². The highest BCUT2D eigenvalue weighted by Crippen LogP contribution is 2.12. The Hall–Kier alpha value is -1.64. The summed E-state index contributed by atoms with van der Waals surface area (Å²) in [6, 6.07) is 5.19. The fraction of sp³-hybridized carbons (Fsp3) is 0.333. The average Bonchev–Trinajstić information content (AvgIpc) is 2.28. The molecule has 0 fully saturated rings. The molecular formula is C12H14O3. The van der Waals surface area contributed by atoms with Crippen LogP contribution >= 0.6 is 0 Å². The van der Waals surface area contributed by atoms with Crippen molar-refractivity contribution in [3.8, 4) is 0 Å². The summed E-state index contributed by atoms with van der Waals surface area (Å²) in [5, 5.41) is 0. The van der Waals surface area contributed by atoms with Crippen LogP contribution in [0, 0.1) is 0 Å². The van der Waals surface area contributed by atoms with E-state index in [1.807, 2.05) is 13.0 Å². The lowest BCUT2D eigenvalue weighted by molar-refractivity contribution is 0.0524. The Balaban J connectivity index is 3.07. The normalized spacial score (nSPS) is 9.73. The highest BCUT2D eigenvalue weighted by atomic mass is 16.5. The van der Waals surface area contributed by atoms with Gasteiger partial charge in [-0.2, -0.15) is 0 Å². The van der Waals surface area contributed by atoms with Gasteiger partial charge in [0.25, 0.3) is 0 Å². The Kier molecular flexibility index (Phi) is 4.03. The molecule has 0 heterocycles. The lowest BCUT2D eigenvalue weighted by Gasteiger charge is -2.05. The average molecular weight is 206 g/mol. The number of benzene rings is 1. The van der Waals surface area contributed by atoms with Crippen LogP contribution in [0.1, 0.15) is 40.1 Å². The number of aldehydes is 1. The molecule has 1 aromatic carbocycles. The fourth-order valence-electron chi connectivity index (χ4n) is 1.32. The van der Waals surface area contributed by atoms with Crippen molar-refractivity contribution in [1.29, 1.82) is 0 Å². The molecule has 80 valence electrons. The number of carbonyl (C=O) groups excluding carboxylic acids is 2. The number of aryl methyl sites for hydroxylation is 1. The van der Waals surface area contributed by atoms with Crippen LogP contribution in [0.3, 0.4) is 0 Å². The number of esters is 1. The fourth-order valence-corrected chi connectivity index (χ4v) is 1.32. The van der Waals surface area contributed by atoms with E-state index in [0.29, 0.717) is 24.0 Å². The number of rotatable bonds is 4. The molecule has 0 aliphatic heterocycles. The van der Waals surface area contributed by atoms with Crippen LogP contribution in [0.15, 0.2) is 18.2 Å². The maximum atomic E-state index is 11.4. The van der Waals surface area contributed by atoms with Crippen LogP contribution in [0.2, 0.25) is 0 Å². The Morgan fingerprint density at radius 3 is 2.67 bits per heavy atom. The van der Waals surface area contributed by atoms with Gasteiger partial charge in [-0.25, -0.2) is 4.79 Å². The molecule has 1 rings (SSSR count). The predicted molar refractivity (Wildman–Crippen MR) is 57.2 cm³/mol. The summed E-state index contributed by atoms with van der Waals surface area (Å²) in [5.74, 6) is -0.442. The van der Waals surface area contributed by atoms with Gasteiger partial charge in [0, 0.05) is 5.56 Å². The van der Waals surface area contributed by atoms with Crippen molar-refractivity contribution in [2.24, 2.45) is 0 Å². The molecule has 0 atom stereocenters. The van der Waals surface area contributed by atoms with Gasteiger partial charge < -0.3 is 4.74 Å². The van der Waals surface area contributed by atoms with Crippen molar-refractivity contribution in [3.05, 3.63) is 34.9 Å². The first-order chi connectivity index (χ1) is 7.22.